The van der Waals surface area contributed by atoms with Crippen molar-refractivity contribution in [1.29, 1.82) is 0 Å². The molecule has 0 unspecified atom stereocenters. The molecule has 1 aromatic rings. The maximum atomic E-state index is 12.9. The van der Waals surface area contributed by atoms with Crippen molar-refractivity contribution in [2.45, 2.75) is 36.9 Å². The zero-order valence-corrected chi connectivity index (χ0v) is 13.8. The first-order chi connectivity index (χ1) is 10.9. The van der Waals surface area contributed by atoms with Gasteiger partial charge in [-0.05, 0) is 30.9 Å². The molecule has 128 valence electrons. The molecule has 0 bridgehead atoms. The van der Waals surface area contributed by atoms with Crippen LogP contribution in [0.2, 0.25) is 0 Å². The maximum absolute atomic E-state index is 12.9. The summed E-state index contributed by atoms with van der Waals surface area (Å²) in [6.07, 6.45) is -4.55. The number of nitrogens with zero attached hydrogens (tertiary/aromatic N) is 1. The third-order valence-electron chi connectivity index (χ3n) is 3.79. The Labute approximate surface area is 138 Å². The minimum atomic E-state index is -4.26. The van der Waals surface area contributed by atoms with Crippen LogP contribution in [0.15, 0.2) is 29.2 Å². The number of carbonyl (C=O) groups is 1. The number of hydrogen-bond donors (Lipinski definition) is 1. The monoisotopic (exact) mass is 346 g/mol. The van der Waals surface area contributed by atoms with Crippen LogP contribution in [0.3, 0.4) is 0 Å². The molecule has 1 N–H and O–H groups in total. The average molecular weight is 346 g/mol. The van der Waals surface area contributed by atoms with Crippen molar-refractivity contribution < 1.29 is 18.0 Å². The van der Waals surface area contributed by atoms with Crippen molar-refractivity contribution >= 4 is 17.7 Å². The van der Waals surface area contributed by atoms with Gasteiger partial charge < -0.3 is 10.2 Å². The van der Waals surface area contributed by atoms with Crippen LogP contribution >= 0.6 is 11.8 Å². The lowest BCUT2D eigenvalue weighted by atomic mass is 10.1. The van der Waals surface area contributed by atoms with Crippen LogP contribution < -0.4 is 5.32 Å². The van der Waals surface area contributed by atoms with Crippen molar-refractivity contribution in [3.63, 3.8) is 0 Å². The molecular weight excluding hydrogens is 325 g/mol. The van der Waals surface area contributed by atoms with E-state index in [2.05, 4.69) is 5.32 Å². The second kappa shape index (κ2) is 8.06. The summed E-state index contributed by atoms with van der Waals surface area (Å²) in [5.74, 6) is 0.497. The quantitative estimate of drug-likeness (QED) is 0.800. The van der Waals surface area contributed by atoms with Crippen LogP contribution in [0.25, 0.3) is 0 Å². The Bertz CT molecular complexity index is 530. The van der Waals surface area contributed by atoms with E-state index in [-0.39, 0.29) is 18.5 Å². The van der Waals surface area contributed by atoms with Gasteiger partial charge in [-0.1, -0.05) is 19.1 Å². The molecule has 1 aliphatic heterocycles. The lowest BCUT2D eigenvalue weighted by Gasteiger charge is -2.29. The highest BCUT2D eigenvalue weighted by Crippen LogP contribution is 2.27. The first-order valence-corrected chi connectivity index (χ1v) is 8.71. The van der Waals surface area contributed by atoms with Crippen molar-refractivity contribution in [1.82, 2.24) is 10.2 Å². The van der Waals surface area contributed by atoms with Crippen LogP contribution in [0.4, 0.5) is 13.2 Å². The molecule has 0 radical (unpaired) electrons. The Morgan fingerprint density at radius 1 is 1.39 bits per heavy atom. The minimum Gasteiger partial charge on any atom is -0.334 e. The lowest BCUT2D eigenvalue weighted by molar-refractivity contribution is -0.137. The molecule has 0 spiro atoms. The summed E-state index contributed by atoms with van der Waals surface area (Å²) >= 11 is 1.53. The molecule has 23 heavy (non-hydrogen) atoms. The predicted octanol–water partition coefficient (Wildman–Crippen LogP) is 3.56. The number of hydrogen-bond acceptors (Lipinski definition) is 3. The molecule has 3 nitrogen and oxygen atoms in total. The third-order valence-corrected chi connectivity index (χ3v) is 4.75. The normalized spacial score (nSPS) is 18.2. The SMILES string of the molecule is CCSc1ccccc1C(=O)N(CCC(F)(F)F)[C@H]1CCNC1. The van der Waals surface area contributed by atoms with E-state index in [0.29, 0.717) is 18.5 Å². The summed E-state index contributed by atoms with van der Waals surface area (Å²) in [5, 5.41) is 3.12. The van der Waals surface area contributed by atoms with Crippen molar-refractivity contribution in [2.24, 2.45) is 0 Å². The van der Waals surface area contributed by atoms with E-state index >= 15 is 0 Å². The molecule has 1 heterocycles. The molecule has 0 saturated carbocycles. The minimum absolute atomic E-state index is 0.176. The van der Waals surface area contributed by atoms with E-state index in [1.807, 2.05) is 19.1 Å². The van der Waals surface area contributed by atoms with Gasteiger partial charge in [-0.25, -0.2) is 0 Å². The molecule has 1 aromatic carbocycles. The third kappa shape index (κ3) is 5.14. The summed E-state index contributed by atoms with van der Waals surface area (Å²) in [6, 6.07) is 6.96. The summed E-state index contributed by atoms with van der Waals surface area (Å²) in [4.78, 5) is 15.1. The molecule has 7 heteroatoms. The maximum Gasteiger partial charge on any atom is 0.390 e. The zero-order valence-electron chi connectivity index (χ0n) is 13.0. The highest BCUT2D eigenvalue weighted by molar-refractivity contribution is 7.99. The van der Waals surface area contributed by atoms with Crippen LogP contribution in [0.1, 0.15) is 30.1 Å². The fourth-order valence-corrected chi connectivity index (χ4v) is 3.48. The highest BCUT2D eigenvalue weighted by atomic mass is 32.2. The number of nitrogens with one attached hydrogen (secondary N) is 1. The van der Waals surface area contributed by atoms with Gasteiger partial charge in [0.05, 0.1) is 12.0 Å². The van der Waals surface area contributed by atoms with Gasteiger partial charge in [0.2, 0.25) is 0 Å². The van der Waals surface area contributed by atoms with Gasteiger partial charge in [-0.3, -0.25) is 4.79 Å². The number of thioether (sulfide) groups is 1. The van der Waals surface area contributed by atoms with Crippen molar-refractivity contribution in [2.75, 3.05) is 25.4 Å². The molecule has 1 aliphatic rings. The standard InChI is InChI=1S/C16H21F3N2OS/c1-2-23-14-6-4-3-5-13(14)15(22)21(10-8-16(17,18)19)12-7-9-20-11-12/h3-6,12,20H,2,7-11H2,1H3/t12-/m0/s1. The van der Waals surface area contributed by atoms with Crippen LogP contribution in [0.5, 0.6) is 0 Å². The van der Waals surface area contributed by atoms with Crippen molar-refractivity contribution in [3.05, 3.63) is 29.8 Å². The predicted molar refractivity (Wildman–Crippen MR) is 85.8 cm³/mol. The number of alkyl halides is 3. The highest BCUT2D eigenvalue weighted by Gasteiger charge is 2.33. The largest absolute Gasteiger partial charge is 0.390 e. The number of benzene rings is 1. The first kappa shape index (κ1) is 18.1. The van der Waals surface area contributed by atoms with Gasteiger partial charge in [-0.2, -0.15) is 13.2 Å². The Morgan fingerprint density at radius 3 is 2.74 bits per heavy atom. The molecule has 0 aromatic heterocycles. The Kier molecular flexibility index (Phi) is 6.35. The van der Waals surface area contributed by atoms with Crippen LogP contribution in [-0.2, 0) is 0 Å². The Balaban J connectivity index is 2.21. The topological polar surface area (TPSA) is 32.3 Å². The molecule has 1 amide bonds. The number of halogens is 3. The summed E-state index contributed by atoms with van der Waals surface area (Å²) < 4.78 is 37.8. The number of carbonyl (C=O) groups excluding carboxylic acids is 1. The Hall–Kier alpha value is -1.21. The van der Waals surface area contributed by atoms with E-state index in [9.17, 15) is 18.0 Å². The van der Waals surface area contributed by atoms with Gasteiger partial charge in [0, 0.05) is 24.0 Å². The van der Waals surface area contributed by atoms with E-state index < -0.39 is 12.6 Å². The van der Waals surface area contributed by atoms with Gasteiger partial charge in [0.1, 0.15) is 0 Å². The summed E-state index contributed by atoms with van der Waals surface area (Å²) in [5.41, 5.74) is 0.494. The van der Waals surface area contributed by atoms with Gasteiger partial charge in [-0.15, -0.1) is 11.8 Å². The van der Waals surface area contributed by atoms with Gasteiger partial charge in [0.25, 0.3) is 5.91 Å². The molecule has 1 fully saturated rings. The van der Waals surface area contributed by atoms with Crippen LogP contribution in [0, 0.1) is 0 Å². The van der Waals surface area contributed by atoms with E-state index in [1.165, 1.54) is 16.7 Å². The van der Waals surface area contributed by atoms with Crippen molar-refractivity contribution in [3.8, 4) is 0 Å². The van der Waals surface area contributed by atoms with Gasteiger partial charge >= 0.3 is 6.18 Å². The fourth-order valence-electron chi connectivity index (χ4n) is 2.68. The molecule has 2 rings (SSSR count). The molecule has 1 atom stereocenters. The molecule has 0 aliphatic carbocycles. The van der Waals surface area contributed by atoms with Gasteiger partial charge in [0.15, 0.2) is 0 Å². The van der Waals surface area contributed by atoms with E-state index in [4.69, 9.17) is 0 Å². The number of amides is 1. The second-order valence-electron chi connectivity index (χ2n) is 5.44. The molecular formula is C16H21F3N2OS. The smallest absolute Gasteiger partial charge is 0.334 e. The van der Waals surface area contributed by atoms with E-state index in [0.717, 1.165) is 17.2 Å². The lowest BCUT2D eigenvalue weighted by Crippen LogP contribution is -2.43. The summed E-state index contributed by atoms with van der Waals surface area (Å²) in [7, 11) is 0. The summed E-state index contributed by atoms with van der Waals surface area (Å²) in [6.45, 7) is 2.96. The first-order valence-electron chi connectivity index (χ1n) is 7.72. The zero-order chi connectivity index (χ0) is 16.9. The number of rotatable bonds is 6. The van der Waals surface area contributed by atoms with Crippen LogP contribution in [-0.4, -0.2) is 48.4 Å². The second-order valence-corrected chi connectivity index (χ2v) is 6.75. The Morgan fingerprint density at radius 2 is 2.13 bits per heavy atom. The molecule has 1 saturated heterocycles. The average Bonchev–Trinajstić information content (AvgIpc) is 3.01. The van der Waals surface area contributed by atoms with E-state index in [1.54, 1.807) is 12.1 Å². The fraction of sp³-hybridized carbons (Fsp3) is 0.562.